The second kappa shape index (κ2) is 6.97. The van der Waals surface area contributed by atoms with Gasteiger partial charge in [0.1, 0.15) is 5.41 Å². The molecule has 10 heteroatoms. The Kier molecular flexibility index (Phi) is 4.96. The third kappa shape index (κ3) is 3.34. The molecule has 0 fully saturated rings. The van der Waals surface area contributed by atoms with E-state index < -0.39 is 33.6 Å². The van der Waals surface area contributed by atoms with Crippen molar-refractivity contribution in [2.24, 2.45) is 0 Å². The summed E-state index contributed by atoms with van der Waals surface area (Å²) in [5.41, 5.74) is -2.62. The number of carbonyl (C=O) groups is 2. The van der Waals surface area contributed by atoms with E-state index in [2.05, 4.69) is 0 Å². The number of aliphatic carboxylic acids is 2. The molecule has 0 atom stereocenters. The molecule has 0 aliphatic carbocycles. The summed E-state index contributed by atoms with van der Waals surface area (Å²) in [7, 11) is 0. The molecule has 2 aromatic carbocycles. The fourth-order valence-electron chi connectivity index (χ4n) is 2.66. The molecule has 0 saturated carbocycles. The van der Waals surface area contributed by atoms with E-state index in [0.29, 0.717) is 0 Å². The van der Waals surface area contributed by atoms with Crippen LogP contribution in [0, 0.1) is 20.2 Å². The number of carboxylic acid groups (broad SMARTS) is 2. The number of rotatable bonds is 7. The fraction of sp³-hybridized carbons (Fsp3) is 0.125. The van der Waals surface area contributed by atoms with Gasteiger partial charge in [-0.25, -0.2) is 0 Å². The molecule has 0 aliphatic heterocycles. The first-order chi connectivity index (χ1) is 12.2. The molecule has 2 rings (SSSR count). The maximum atomic E-state index is 12.1. The van der Waals surface area contributed by atoms with Gasteiger partial charge in [0.25, 0.3) is 11.4 Å². The van der Waals surface area contributed by atoms with Crippen LogP contribution in [-0.4, -0.2) is 32.0 Å². The van der Waals surface area contributed by atoms with E-state index in [1.807, 2.05) is 0 Å². The predicted molar refractivity (Wildman–Crippen MR) is 86.9 cm³/mol. The molecule has 0 spiro atoms. The van der Waals surface area contributed by atoms with Crippen LogP contribution in [0.1, 0.15) is 17.5 Å². The van der Waals surface area contributed by atoms with Crippen molar-refractivity contribution in [2.75, 3.05) is 0 Å². The van der Waals surface area contributed by atoms with Crippen LogP contribution < -0.4 is 0 Å². The number of non-ortho nitro benzene ring substituents is 2. The van der Waals surface area contributed by atoms with E-state index in [1.165, 1.54) is 0 Å². The van der Waals surface area contributed by atoms with Gasteiger partial charge in [0.2, 0.25) is 0 Å². The first-order valence-electron chi connectivity index (χ1n) is 7.13. The molecule has 0 amide bonds. The molecule has 2 aromatic rings. The van der Waals surface area contributed by atoms with Crippen LogP contribution in [0.3, 0.4) is 0 Å². The lowest BCUT2D eigenvalue weighted by Crippen LogP contribution is -2.39. The van der Waals surface area contributed by atoms with Crippen LogP contribution in [0.4, 0.5) is 11.4 Å². The Morgan fingerprint density at radius 2 is 1.15 bits per heavy atom. The summed E-state index contributed by atoms with van der Waals surface area (Å²) >= 11 is 0. The predicted octanol–water partition coefficient (Wildman–Crippen LogP) is 2.35. The van der Waals surface area contributed by atoms with Gasteiger partial charge in [0.05, 0.1) is 16.3 Å². The van der Waals surface area contributed by atoms with Gasteiger partial charge < -0.3 is 10.2 Å². The van der Waals surface area contributed by atoms with Crippen molar-refractivity contribution in [3.05, 3.63) is 79.9 Å². The van der Waals surface area contributed by atoms with Crippen molar-refractivity contribution in [3.8, 4) is 0 Å². The smallest absolute Gasteiger partial charge is 0.319 e. The molecule has 0 aliphatic rings. The third-order valence-corrected chi connectivity index (χ3v) is 3.92. The zero-order chi connectivity index (χ0) is 19.5. The second-order valence-corrected chi connectivity index (χ2v) is 5.39. The zero-order valence-electron chi connectivity index (χ0n) is 13.1. The molecule has 0 unspecified atom stereocenters. The Morgan fingerprint density at radius 1 is 0.808 bits per heavy atom. The van der Waals surface area contributed by atoms with Gasteiger partial charge in [-0.15, -0.1) is 0 Å². The summed E-state index contributed by atoms with van der Waals surface area (Å²) in [6.45, 7) is 0. The summed E-state index contributed by atoms with van der Waals surface area (Å²) in [4.78, 5) is 43.6. The van der Waals surface area contributed by atoms with Crippen LogP contribution in [0.25, 0.3) is 0 Å². The van der Waals surface area contributed by atoms with Gasteiger partial charge in [-0.05, 0) is 11.1 Å². The van der Waals surface area contributed by atoms with Gasteiger partial charge in [-0.2, -0.15) is 0 Å². The monoisotopic (exact) mass is 360 g/mol. The first kappa shape index (κ1) is 18.5. The van der Waals surface area contributed by atoms with Gasteiger partial charge in [0, 0.05) is 24.3 Å². The number of hydrogen-bond acceptors (Lipinski definition) is 6. The highest BCUT2D eigenvalue weighted by Gasteiger charge is 2.44. The molecule has 0 bridgehead atoms. The quantitative estimate of drug-likeness (QED) is 0.561. The number of hydrogen-bond donors (Lipinski definition) is 2. The van der Waals surface area contributed by atoms with Crippen molar-refractivity contribution in [1.82, 2.24) is 0 Å². The van der Waals surface area contributed by atoms with Crippen LogP contribution >= 0.6 is 0 Å². The largest absolute Gasteiger partial charge is 0.481 e. The standard InChI is InChI=1S/C16H12N2O8/c19-14(20)9-16(15(21)22,10-1-5-12(6-2-10)17(23)24)11-3-7-13(8-4-11)18(25)26/h1-8H,9H2,(H,19,20)(H,21,22). The number of nitro groups is 2. The summed E-state index contributed by atoms with van der Waals surface area (Å²) in [5.74, 6) is -2.91. The van der Waals surface area contributed by atoms with E-state index >= 15 is 0 Å². The second-order valence-electron chi connectivity index (χ2n) is 5.39. The Labute approximate surface area is 145 Å². The number of nitrogens with zero attached hydrogens (tertiary/aromatic N) is 2. The Hall–Kier alpha value is -3.82. The lowest BCUT2D eigenvalue weighted by Gasteiger charge is -2.29. The third-order valence-electron chi connectivity index (χ3n) is 3.92. The summed E-state index contributed by atoms with van der Waals surface area (Å²) in [5, 5.41) is 40.6. The number of carboxylic acids is 2. The van der Waals surface area contributed by atoms with Crippen molar-refractivity contribution in [3.63, 3.8) is 0 Å². The van der Waals surface area contributed by atoms with Gasteiger partial charge in [0.15, 0.2) is 0 Å². The van der Waals surface area contributed by atoms with E-state index in [4.69, 9.17) is 0 Å². The highest BCUT2D eigenvalue weighted by molar-refractivity contribution is 5.91. The molecule has 0 radical (unpaired) electrons. The van der Waals surface area contributed by atoms with Crippen molar-refractivity contribution in [1.29, 1.82) is 0 Å². The minimum Gasteiger partial charge on any atom is -0.481 e. The lowest BCUT2D eigenvalue weighted by atomic mass is 9.72. The first-order valence-corrected chi connectivity index (χ1v) is 7.13. The zero-order valence-corrected chi connectivity index (χ0v) is 13.1. The Balaban J connectivity index is 2.68. The molecule has 26 heavy (non-hydrogen) atoms. The van der Waals surface area contributed by atoms with Crippen LogP contribution in [0.15, 0.2) is 48.5 Å². The summed E-state index contributed by atoms with van der Waals surface area (Å²) < 4.78 is 0. The van der Waals surface area contributed by atoms with Crippen LogP contribution in [0.5, 0.6) is 0 Å². The van der Waals surface area contributed by atoms with Crippen LogP contribution in [-0.2, 0) is 15.0 Å². The summed E-state index contributed by atoms with van der Waals surface area (Å²) in [6, 6.07) is 8.93. The molecular formula is C16H12N2O8. The van der Waals surface area contributed by atoms with E-state index in [9.17, 15) is 40.0 Å². The Morgan fingerprint density at radius 3 is 1.38 bits per heavy atom. The van der Waals surface area contributed by atoms with E-state index in [0.717, 1.165) is 48.5 Å². The minimum atomic E-state index is -2.06. The maximum absolute atomic E-state index is 12.1. The van der Waals surface area contributed by atoms with Crippen molar-refractivity contribution in [2.45, 2.75) is 11.8 Å². The molecule has 134 valence electrons. The number of benzene rings is 2. The van der Waals surface area contributed by atoms with Gasteiger partial charge >= 0.3 is 11.9 Å². The topological polar surface area (TPSA) is 161 Å². The molecular weight excluding hydrogens is 348 g/mol. The average molecular weight is 360 g/mol. The Bertz CT molecular complexity index is 817. The maximum Gasteiger partial charge on any atom is 0.319 e. The van der Waals surface area contributed by atoms with Gasteiger partial charge in [-0.1, -0.05) is 24.3 Å². The SMILES string of the molecule is O=C(O)CC(C(=O)O)(c1ccc([N+](=O)[O-])cc1)c1ccc([N+](=O)[O-])cc1. The highest BCUT2D eigenvalue weighted by atomic mass is 16.6. The summed E-state index contributed by atoms with van der Waals surface area (Å²) in [6.07, 6.45) is -0.849. The van der Waals surface area contributed by atoms with E-state index in [-0.39, 0.29) is 22.5 Å². The number of nitro benzene ring substituents is 2. The molecule has 2 N–H and O–H groups in total. The van der Waals surface area contributed by atoms with E-state index in [1.54, 1.807) is 0 Å². The molecule has 10 nitrogen and oxygen atoms in total. The fourth-order valence-corrected chi connectivity index (χ4v) is 2.66. The van der Waals surface area contributed by atoms with Crippen LogP contribution in [0.2, 0.25) is 0 Å². The van der Waals surface area contributed by atoms with Crippen molar-refractivity contribution >= 4 is 23.3 Å². The average Bonchev–Trinajstić information content (AvgIpc) is 2.59. The molecule has 0 aromatic heterocycles. The van der Waals surface area contributed by atoms with Gasteiger partial charge in [-0.3, -0.25) is 29.8 Å². The lowest BCUT2D eigenvalue weighted by molar-refractivity contribution is -0.385. The molecule has 0 saturated heterocycles. The minimum absolute atomic E-state index is 0.00635. The normalized spacial score (nSPS) is 10.9. The molecule has 0 heterocycles. The highest BCUT2D eigenvalue weighted by Crippen LogP contribution is 2.37. The van der Waals surface area contributed by atoms with Crippen molar-refractivity contribution < 1.29 is 29.6 Å².